The number of carbonyl (C=O) groups is 1. The fraction of sp³-hybridized carbons (Fsp3) is 0.429. The van der Waals surface area contributed by atoms with Crippen LogP contribution in [0.5, 0.6) is 5.75 Å². The lowest BCUT2D eigenvalue weighted by Crippen LogP contribution is -2.39. The van der Waals surface area contributed by atoms with Crippen LogP contribution < -0.4 is 4.74 Å². The molecule has 2 N–H and O–H groups in total. The van der Waals surface area contributed by atoms with Gasteiger partial charge in [0.15, 0.2) is 0 Å². The molecule has 1 aliphatic carbocycles. The first kappa shape index (κ1) is 25.1. The van der Waals surface area contributed by atoms with Gasteiger partial charge in [-0.15, -0.1) is 0 Å². The Kier molecular flexibility index (Phi) is 7.29. The number of nitrogens with zero attached hydrogens (tertiary/aromatic N) is 2. The van der Waals surface area contributed by atoms with Crippen molar-refractivity contribution in [3.63, 3.8) is 0 Å². The lowest BCUT2D eigenvalue weighted by molar-refractivity contribution is -0.143. The van der Waals surface area contributed by atoms with Gasteiger partial charge < -0.3 is 9.84 Å². The van der Waals surface area contributed by atoms with Gasteiger partial charge in [-0.3, -0.25) is 14.8 Å². The Morgan fingerprint density at radius 1 is 1.22 bits per heavy atom. The molecule has 1 unspecified atom stereocenters. The third-order valence-corrected chi connectivity index (χ3v) is 8.08. The quantitative estimate of drug-likeness (QED) is 0.358. The SMILES string of the molecule is CC(C)[C@H](Oc1ccc2c(c1)CCC(CN1CCCC(C(=O)O)C1)=C2Cl)c1ccc2n[nH]c(Cl)c2c1. The van der Waals surface area contributed by atoms with E-state index < -0.39 is 5.97 Å². The number of aromatic amines is 1. The molecule has 0 radical (unpaired) electrons. The second-order valence-corrected chi connectivity index (χ2v) is 11.0. The Labute approximate surface area is 221 Å². The summed E-state index contributed by atoms with van der Waals surface area (Å²) in [5.41, 5.74) is 5.30. The third kappa shape index (κ3) is 5.13. The van der Waals surface area contributed by atoms with Gasteiger partial charge in [-0.25, -0.2) is 0 Å². The standard InChI is InChI=1S/C28H31Cl2N3O3/c1-16(2)26(18-7-10-24-23(13-18)27(30)32-31-24)36-21-8-9-22-17(12-21)5-6-19(25(22)29)14-33-11-3-4-20(15-33)28(34)35/h7-10,12-13,16,20,26H,3-6,11,14-15H2,1-2H3,(H,31,32)(H,34,35)/t20?,26-/m0/s1. The number of hydrogen-bond acceptors (Lipinski definition) is 4. The summed E-state index contributed by atoms with van der Waals surface area (Å²) in [5, 5.41) is 18.7. The summed E-state index contributed by atoms with van der Waals surface area (Å²) >= 11 is 13.1. The summed E-state index contributed by atoms with van der Waals surface area (Å²) in [7, 11) is 0. The number of ether oxygens (including phenoxy) is 1. The number of fused-ring (bicyclic) bond motifs is 2. The number of halogens is 2. The number of likely N-dealkylation sites (tertiary alicyclic amines) is 1. The molecular formula is C28H31Cl2N3O3. The number of aliphatic carboxylic acids is 1. The largest absolute Gasteiger partial charge is 0.485 e. The molecule has 1 aromatic heterocycles. The van der Waals surface area contributed by atoms with Crippen LogP contribution in [0.4, 0.5) is 0 Å². The molecule has 2 aliphatic rings. The Balaban J connectivity index is 1.34. The molecule has 6 nitrogen and oxygen atoms in total. The van der Waals surface area contributed by atoms with E-state index in [4.69, 9.17) is 27.9 Å². The highest BCUT2D eigenvalue weighted by atomic mass is 35.5. The number of aryl methyl sites for hydroxylation is 1. The number of hydrogen-bond donors (Lipinski definition) is 2. The number of nitrogens with one attached hydrogen (secondary N) is 1. The topological polar surface area (TPSA) is 78.4 Å². The molecule has 0 bridgehead atoms. The van der Waals surface area contributed by atoms with Crippen molar-refractivity contribution < 1.29 is 14.6 Å². The minimum atomic E-state index is -0.700. The van der Waals surface area contributed by atoms with Crippen LogP contribution in [0.2, 0.25) is 5.15 Å². The van der Waals surface area contributed by atoms with Crippen molar-refractivity contribution in [1.29, 1.82) is 0 Å². The zero-order valence-corrected chi connectivity index (χ0v) is 22.1. The number of H-pyrrole nitrogens is 1. The van der Waals surface area contributed by atoms with E-state index >= 15 is 0 Å². The summed E-state index contributed by atoms with van der Waals surface area (Å²) in [6.07, 6.45) is 3.29. The molecule has 2 heterocycles. The van der Waals surface area contributed by atoms with Crippen LogP contribution in [0.3, 0.4) is 0 Å². The maximum Gasteiger partial charge on any atom is 0.307 e. The van der Waals surface area contributed by atoms with Gasteiger partial charge in [-0.1, -0.05) is 43.1 Å². The summed E-state index contributed by atoms with van der Waals surface area (Å²) in [5.74, 6) is 0.0825. The first-order valence-corrected chi connectivity index (χ1v) is 13.3. The van der Waals surface area contributed by atoms with Crippen molar-refractivity contribution in [2.75, 3.05) is 19.6 Å². The van der Waals surface area contributed by atoms with Gasteiger partial charge in [0.2, 0.25) is 0 Å². The number of benzene rings is 2. The van der Waals surface area contributed by atoms with Crippen molar-refractivity contribution in [1.82, 2.24) is 15.1 Å². The zero-order chi connectivity index (χ0) is 25.4. The van der Waals surface area contributed by atoms with Crippen molar-refractivity contribution in [3.8, 4) is 5.75 Å². The van der Waals surface area contributed by atoms with Crippen molar-refractivity contribution in [3.05, 3.63) is 63.8 Å². The van der Waals surface area contributed by atoms with E-state index in [1.165, 1.54) is 11.1 Å². The predicted octanol–water partition coefficient (Wildman–Crippen LogP) is 6.69. The summed E-state index contributed by atoms with van der Waals surface area (Å²) in [4.78, 5) is 13.7. The number of carboxylic acid groups (broad SMARTS) is 1. The molecule has 3 aromatic rings. The van der Waals surface area contributed by atoms with E-state index in [0.29, 0.717) is 11.7 Å². The molecule has 2 aromatic carbocycles. The van der Waals surface area contributed by atoms with Crippen LogP contribution in [0.1, 0.15) is 55.9 Å². The number of carboxylic acids is 1. The van der Waals surface area contributed by atoms with Crippen LogP contribution in [0.25, 0.3) is 15.9 Å². The predicted molar refractivity (Wildman–Crippen MR) is 144 cm³/mol. The van der Waals surface area contributed by atoms with E-state index in [2.05, 4.69) is 41.1 Å². The van der Waals surface area contributed by atoms with Gasteiger partial charge >= 0.3 is 5.97 Å². The van der Waals surface area contributed by atoms with Gasteiger partial charge in [-0.05, 0) is 90.7 Å². The van der Waals surface area contributed by atoms with Gasteiger partial charge in [0.1, 0.15) is 17.0 Å². The molecule has 0 amide bonds. The van der Waals surface area contributed by atoms with E-state index in [0.717, 1.165) is 71.6 Å². The van der Waals surface area contributed by atoms with Crippen molar-refractivity contribution in [2.24, 2.45) is 11.8 Å². The van der Waals surface area contributed by atoms with Gasteiger partial charge in [0.05, 0.1) is 11.4 Å². The van der Waals surface area contributed by atoms with Crippen LogP contribution in [0.15, 0.2) is 42.0 Å². The Morgan fingerprint density at radius 2 is 2.06 bits per heavy atom. The smallest absolute Gasteiger partial charge is 0.307 e. The van der Waals surface area contributed by atoms with Crippen LogP contribution in [-0.2, 0) is 11.2 Å². The third-order valence-electron chi connectivity index (χ3n) is 7.32. The average Bonchev–Trinajstić information content (AvgIpc) is 3.24. The maximum atomic E-state index is 11.4. The molecule has 1 aliphatic heterocycles. The lowest BCUT2D eigenvalue weighted by Gasteiger charge is -2.32. The maximum absolute atomic E-state index is 11.4. The molecule has 8 heteroatoms. The van der Waals surface area contributed by atoms with Crippen LogP contribution in [0, 0.1) is 11.8 Å². The van der Waals surface area contributed by atoms with Crippen molar-refractivity contribution in [2.45, 2.75) is 45.6 Å². The Hall–Kier alpha value is -2.54. The molecule has 1 fully saturated rings. The highest BCUT2D eigenvalue weighted by molar-refractivity contribution is 6.49. The highest BCUT2D eigenvalue weighted by Gasteiger charge is 2.28. The second-order valence-electron chi connectivity index (χ2n) is 10.2. The minimum absolute atomic E-state index is 0.134. The first-order valence-electron chi connectivity index (χ1n) is 12.6. The normalized spacial score (nSPS) is 19.5. The molecule has 0 saturated carbocycles. The highest BCUT2D eigenvalue weighted by Crippen LogP contribution is 2.38. The Bertz CT molecular complexity index is 1320. The molecule has 36 heavy (non-hydrogen) atoms. The molecule has 2 atom stereocenters. The molecule has 0 spiro atoms. The number of aromatic nitrogens is 2. The Morgan fingerprint density at radius 3 is 2.83 bits per heavy atom. The molecule has 190 valence electrons. The van der Waals surface area contributed by atoms with Crippen LogP contribution in [-0.4, -0.2) is 45.8 Å². The van der Waals surface area contributed by atoms with E-state index in [1.54, 1.807) is 0 Å². The van der Waals surface area contributed by atoms with E-state index in [-0.39, 0.29) is 17.9 Å². The number of rotatable bonds is 7. The minimum Gasteiger partial charge on any atom is -0.485 e. The number of piperidine rings is 1. The summed E-state index contributed by atoms with van der Waals surface area (Å²) in [6, 6.07) is 12.2. The van der Waals surface area contributed by atoms with Crippen LogP contribution >= 0.6 is 23.2 Å². The molecule has 1 saturated heterocycles. The average molecular weight is 528 g/mol. The fourth-order valence-corrected chi connectivity index (χ4v) is 5.91. The summed E-state index contributed by atoms with van der Waals surface area (Å²) < 4.78 is 6.51. The zero-order valence-electron chi connectivity index (χ0n) is 20.6. The first-order chi connectivity index (χ1) is 17.3. The van der Waals surface area contributed by atoms with Crippen molar-refractivity contribution >= 4 is 45.1 Å². The lowest BCUT2D eigenvalue weighted by atomic mass is 9.90. The van der Waals surface area contributed by atoms with Gasteiger partial charge in [0.25, 0.3) is 0 Å². The van der Waals surface area contributed by atoms with Gasteiger partial charge in [0, 0.05) is 23.5 Å². The molecular weight excluding hydrogens is 497 g/mol. The summed E-state index contributed by atoms with van der Waals surface area (Å²) in [6.45, 7) is 6.53. The van der Waals surface area contributed by atoms with Gasteiger partial charge in [-0.2, -0.15) is 5.10 Å². The second kappa shape index (κ2) is 10.4. The van der Waals surface area contributed by atoms with E-state index in [1.807, 2.05) is 24.3 Å². The fourth-order valence-electron chi connectivity index (χ4n) is 5.38. The monoisotopic (exact) mass is 527 g/mol. The van der Waals surface area contributed by atoms with E-state index in [9.17, 15) is 9.90 Å². The molecule has 5 rings (SSSR count).